The zero-order chi connectivity index (χ0) is 16.3. The van der Waals surface area contributed by atoms with Crippen molar-refractivity contribution in [1.29, 1.82) is 0 Å². The quantitative estimate of drug-likeness (QED) is 0.763. The van der Waals surface area contributed by atoms with Gasteiger partial charge in [-0.25, -0.2) is 0 Å². The smallest absolute Gasteiger partial charge is 0.228 e. The highest BCUT2D eigenvalue weighted by atomic mass is 16.4. The summed E-state index contributed by atoms with van der Waals surface area (Å²) in [7, 11) is 0. The molecular weight excluding hydrogens is 286 g/mol. The number of anilines is 1. The second-order valence-electron chi connectivity index (χ2n) is 5.28. The number of hydrogen-bond donors (Lipinski definition) is 1. The van der Waals surface area contributed by atoms with Crippen LogP contribution in [0.2, 0.25) is 0 Å². The molecule has 1 aromatic carbocycles. The molecule has 0 fully saturated rings. The number of benzene rings is 1. The Labute approximate surface area is 127 Å². The molecule has 2 rings (SSSR count). The minimum Gasteiger partial charge on any atom is -0.550 e. The summed E-state index contributed by atoms with van der Waals surface area (Å²) in [6.07, 6.45) is 4.10. The van der Waals surface area contributed by atoms with Crippen molar-refractivity contribution < 1.29 is 24.6 Å². The van der Waals surface area contributed by atoms with E-state index in [1.54, 1.807) is 19.1 Å². The second kappa shape index (κ2) is 6.43. The van der Waals surface area contributed by atoms with Crippen molar-refractivity contribution in [2.24, 2.45) is 11.8 Å². The fraction of sp³-hybridized carbons (Fsp3) is 0.312. The lowest BCUT2D eigenvalue weighted by Gasteiger charge is -2.28. The minimum absolute atomic E-state index is 0.0173. The van der Waals surface area contributed by atoms with E-state index in [-0.39, 0.29) is 12.0 Å². The van der Waals surface area contributed by atoms with Gasteiger partial charge in [0.25, 0.3) is 0 Å². The largest absolute Gasteiger partial charge is 0.550 e. The average Bonchev–Trinajstić information content (AvgIpc) is 2.48. The number of allylic oxidation sites excluding steroid dienone is 2. The Morgan fingerprint density at radius 3 is 2.27 bits per heavy atom. The standard InChI is InChI=1S/C16H17NO5/c1-9-8-10(15(19)20)6-7-13(9)17-14(18)11-4-2-3-5-12(11)16(21)22/h2-3,6-8,11-12H,4-5H2,1H3,(H,17,18)(H,19,20)(H,21,22)/p-2/t11-,12-/m1/s1. The van der Waals surface area contributed by atoms with E-state index in [0.29, 0.717) is 17.7 Å². The maximum Gasteiger partial charge on any atom is 0.228 e. The summed E-state index contributed by atoms with van der Waals surface area (Å²) in [5.74, 6) is -4.50. The number of hydrogen-bond acceptors (Lipinski definition) is 5. The maximum absolute atomic E-state index is 12.3. The molecular formula is C16H15NO5-2. The molecule has 0 radical (unpaired) electrons. The fourth-order valence-corrected chi connectivity index (χ4v) is 2.52. The predicted octanol–water partition coefficient (Wildman–Crippen LogP) is -0.371. The molecule has 1 aliphatic carbocycles. The molecule has 1 N–H and O–H groups in total. The first-order valence-corrected chi connectivity index (χ1v) is 6.89. The molecule has 0 saturated carbocycles. The van der Waals surface area contributed by atoms with Crippen LogP contribution in [0.4, 0.5) is 5.69 Å². The van der Waals surface area contributed by atoms with Crippen LogP contribution in [0, 0.1) is 18.8 Å². The van der Waals surface area contributed by atoms with Gasteiger partial charge in [0.15, 0.2) is 0 Å². The minimum atomic E-state index is -1.30. The zero-order valence-corrected chi connectivity index (χ0v) is 12.0. The molecule has 0 heterocycles. The topological polar surface area (TPSA) is 109 Å². The van der Waals surface area contributed by atoms with E-state index in [9.17, 15) is 24.6 Å². The van der Waals surface area contributed by atoms with Crippen LogP contribution in [0.3, 0.4) is 0 Å². The lowest BCUT2D eigenvalue weighted by molar-refractivity contribution is -0.313. The Kier molecular flexibility index (Phi) is 4.60. The average molecular weight is 301 g/mol. The molecule has 1 aliphatic rings. The number of carboxylic acids is 2. The van der Waals surface area contributed by atoms with Crippen molar-refractivity contribution in [2.45, 2.75) is 19.8 Å². The first-order chi connectivity index (χ1) is 10.4. The number of carbonyl (C=O) groups excluding carboxylic acids is 3. The first-order valence-electron chi connectivity index (χ1n) is 6.89. The summed E-state index contributed by atoms with van der Waals surface area (Å²) >= 11 is 0. The summed E-state index contributed by atoms with van der Waals surface area (Å²) in [5, 5.41) is 24.5. The molecule has 116 valence electrons. The molecule has 2 atom stereocenters. The van der Waals surface area contributed by atoms with Gasteiger partial charge in [-0.15, -0.1) is 0 Å². The SMILES string of the molecule is Cc1cc(C(=O)[O-])ccc1NC(=O)[C@@H]1CC=CC[C@H]1C(=O)[O-]. The van der Waals surface area contributed by atoms with Crippen LogP contribution in [0.1, 0.15) is 28.8 Å². The van der Waals surface area contributed by atoms with Gasteiger partial charge in [-0.05, 0) is 43.0 Å². The van der Waals surface area contributed by atoms with Gasteiger partial charge in [-0.3, -0.25) is 4.79 Å². The number of nitrogens with one attached hydrogen (secondary N) is 1. The molecule has 0 saturated heterocycles. The highest BCUT2D eigenvalue weighted by Gasteiger charge is 2.29. The third kappa shape index (κ3) is 3.33. The van der Waals surface area contributed by atoms with E-state index >= 15 is 0 Å². The van der Waals surface area contributed by atoms with Crippen molar-refractivity contribution in [3.8, 4) is 0 Å². The van der Waals surface area contributed by atoms with Crippen molar-refractivity contribution in [3.05, 3.63) is 41.5 Å². The zero-order valence-electron chi connectivity index (χ0n) is 12.0. The van der Waals surface area contributed by atoms with Crippen LogP contribution >= 0.6 is 0 Å². The van der Waals surface area contributed by atoms with Gasteiger partial charge in [0, 0.05) is 17.6 Å². The third-order valence-corrected chi connectivity index (χ3v) is 3.79. The van der Waals surface area contributed by atoms with E-state index < -0.39 is 29.7 Å². The van der Waals surface area contributed by atoms with Crippen molar-refractivity contribution in [3.63, 3.8) is 0 Å². The van der Waals surface area contributed by atoms with Crippen molar-refractivity contribution in [2.75, 3.05) is 5.32 Å². The lowest BCUT2D eigenvalue weighted by atomic mass is 9.82. The number of rotatable bonds is 4. The second-order valence-corrected chi connectivity index (χ2v) is 5.28. The van der Waals surface area contributed by atoms with E-state index in [4.69, 9.17) is 0 Å². The van der Waals surface area contributed by atoms with E-state index in [0.717, 1.165) is 0 Å². The Hall–Kier alpha value is -2.63. The summed E-state index contributed by atoms with van der Waals surface area (Å²) in [5.41, 5.74) is 1.02. The van der Waals surface area contributed by atoms with E-state index in [1.807, 2.05) is 0 Å². The number of aryl methyl sites for hydroxylation is 1. The fourth-order valence-electron chi connectivity index (χ4n) is 2.52. The van der Waals surface area contributed by atoms with E-state index in [2.05, 4.69) is 5.32 Å². The van der Waals surface area contributed by atoms with Gasteiger partial charge in [0.1, 0.15) is 0 Å². The van der Waals surface area contributed by atoms with Crippen molar-refractivity contribution in [1.82, 2.24) is 0 Å². The molecule has 1 amide bonds. The van der Waals surface area contributed by atoms with Crippen molar-refractivity contribution >= 4 is 23.5 Å². The highest BCUT2D eigenvalue weighted by molar-refractivity contribution is 5.96. The molecule has 1 aromatic rings. The normalized spacial score (nSPS) is 20.4. The number of aromatic carboxylic acids is 1. The molecule has 0 spiro atoms. The van der Waals surface area contributed by atoms with Gasteiger partial charge in [0.2, 0.25) is 5.91 Å². The first kappa shape index (κ1) is 15.8. The molecule has 0 aliphatic heterocycles. The van der Waals surface area contributed by atoms with Gasteiger partial charge in [0.05, 0.1) is 11.9 Å². The lowest BCUT2D eigenvalue weighted by Crippen LogP contribution is -2.41. The molecule has 6 heteroatoms. The summed E-state index contributed by atoms with van der Waals surface area (Å²) in [6.45, 7) is 1.65. The van der Waals surface area contributed by atoms with Gasteiger partial charge >= 0.3 is 0 Å². The number of aliphatic carboxylic acids is 1. The van der Waals surface area contributed by atoms with Gasteiger partial charge < -0.3 is 25.1 Å². The Bertz CT molecular complexity index is 650. The monoisotopic (exact) mass is 301 g/mol. The number of amides is 1. The third-order valence-electron chi connectivity index (χ3n) is 3.79. The highest BCUT2D eigenvalue weighted by Crippen LogP contribution is 2.27. The number of carbonyl (C=O) groups is 3. The van der Waals surface area contributed by atoms with Crippen LogP contribution in [0.15, 0.2) is 30.4 Å². The molecule has 6 nitrogen and oxygen atoms in total. The van der Waals surface area contributed by atoms with Crippen LogP contribution in [-0.2, 0) is 9.59 Å². The van der Waals surface area contributed by atoms with Gasteiger partial charge in [-0.2, -0.15) is 0 Å². The van der Waals surface area contributed by atoms with Gasteiger partial charge in [-0.1, -0.05) is 18.2 Å². The number of carboxylic acid groups (broad SMARTS) is 2. The van der Waals surface area contributed by atoms with E-state index in [1.165, 1.54) is 18.2 Å². The molecule has 0 bridgehead atoms. The summed E-state index contributed by atoms with van der Waals surface area (Å²) in [4.78, 5) is 34.2. The molecule has 0 unspecified atom stereocenters. The van der Waals surface area contributed by atoms with Crippen LogP contribution in [-0.4, -0.2) is 17.8 Å². The Morgan fingerprint density at radius 1 is 1.09 bits per heavy atom. The molecule has 22 heavy (non-hydrogen) atoms. The summed E-state index contributed by atoms with van der Waals surface area (Å²) in [6, 6.07) is 4.18. The van der Waals surface area contributed by atoms with Crippen LogP contribution < -0.4 is 15.5 Å². The van der Waals surface area contributed by atoms with Crippen LogP contribution in [0.5, 0.6) is 0 Å². The molecule has 0 aromatic heterocycles. The summed E-state index contributed by atoms with van der Waals surface area (Å²) < 4.78 is 0. The Morgan fingerprint density at radius 2 is 1.73 bits per heavy atom. The Balaban J connectivity index is 2.16. The maximum atomic E-state index is 12.3. The predicted molar refractivity (Wildman–Crippen MR) is 74.5 cm³/mol. The van der Waals surface area contributed by atoms with Crippen LogP contribution in [0.25, 0.3) is 0 Å².